The Labute approximate surface area is 207 Å². The molecule has 2 N–H and O–H groups in total. The molecule has 1 atom stereocenters. The number of para-hydroxylation sites is 1. The minimum atomic E-state index is -4.92. The van der Waals surface area contributed by atoms with E-state index in [1.807, 2.05) is 4.72 Å². The molecule has 0 amide bonds. The zero-order valence-corrected chi connectivity index (χ0v) is 21.0. The van der Waals surface area contributed by atoms with Gasteiger partial charge in [-0.1, -0.05) is 6.07 Å². The maximum atomic E-state index is 13.1. The smallest absolute Gasteiger partial charge is 0.417 e. The third-order valence-corrected chi connectivity index (χ3v) is 8.66. The van der Waals surface area contributed by atoms with Crippen LogP contribution in [0.15, 0.2) is 46.8 Å². The van der Waals surface area contributed by atoms with Crippen LogP contribution in [-0.2, 0) is 20.8 Å². The lowest BCUT2D eigenvalue weighted by Crippen LogP contribution is -2.25. The molecule has 0 spiro atoms. The van der Waals surface area contributed by atoms with Crippen LogP contribution in [0.3, 0.4) is 0 Å². The third kappa shape index (κ3) is 6.15. The second-order valence-electron chi connectivity index (χ2n) is 6.88. The van der Waals surface area contributed by atoms with E-state index in [1.165, 1.54) is 20.3 Å². The Balaban J connectivity index is 1.78. The highest BCUT2D eigenvalue weighted by atomic mass is 32.2. The first-order valence-corrected chi connectivity index (χ1v) is 13.7. The van der Waals surface area contributed by atoms with Gasteiger partial charge in [-0.05, 0) is 30.3 Å². The van der Waals surface area contributed by atoms with Gasteiger partial charge in [-0.25, -0.2) is 18.0 Å². The van der Waals surface area contributed by atoms with E-state index in [9.17, 15) is 31.0 Å². The molecule has 10 nitrogen and oxygen atoms in total. The van der Waals surface area contributed by atoms with Gasteiger partial charge in [0.15, 0.2) is 15.7 Å². The van der Waals surface area contributed by atoms with Crippen LogP contribution < -0.4 is 18.7 Å². The fraction of sp³-hybridized carbons (Fsp3) is 0.200. The Morgan fingerprint density at radius 1 is 1.22 bits per heavy atom. The normalized spacial score (nSPS) is 13.5. The first kappa shape index (κ1) is 27.4. The predicted molar refractivity (Wildman–Crippen MR) is 122 cm³/mol. The highest BCUT2D eigenvalue weighted by Crippen LogP contribution is 2.44. The van der Waals surface area contributed by atoms with Gasteiger partial charge in [-0.2, -0.15) is 23.2 Å². The van der Waals surface area contributed by atoms with Crippen LogP contribution in [-0.4, -0.2) is 38.8 Å². The molecule has 0 aliphatic heterocycles. The zero-order valence-electron chi connectivity index (χ0n) is 18.4. The van der Waals surface area contributed by atoms with E-state index >= 15 is 0 Å². The van der Waals surface area contributed by atoms with E-state index in [0.717, 1.165) is 29.7 Å². The number of nitriles is 1. The summed E-state index contributed by atoms with van der Waals surface area (Å²) in [5, 5.41) is 9.08. The minimum Gasteiger partial charge on any atom is -0.493 e. The average Bonchev–Trinajstić information content (AvgIpc) is 3.33. The zero-order chi connectivity index (χ0) is 26.7. The van der Waals surface area contributed by atoms with Crippen LogP contribution in [0.5, 0.6) is 17.2 Å². The number of aromatic nitrogens is 1. The fourth-order valence-corrected chi connectivity index (χ4v) is 6.61. The van der Waals surface area contributed by atoms with Crippen molar-refractivity contribution in [3.8, 4) is 33.9 Å². The number of nitrogens with zero attached hydrogens (tertiary/aromatic N) is 2. The number of rotatable bonds is 9. The van der Waals surface area contributed by atoms with Crippen LogP contribution in [0.25, 0.3) is 10.6 Å². The van der Waals surface area contributed by atoms with E-state index in [-0.39, 0.29) is 9.22 Å². The van der Waals surface area contributed by atoms with Gasteiger partial charge in [-0.3, -0.25) is 0 Å². The number of benzene rings is 2. The van der Waals surface area contributed by atoms with Gasteiger partial charge in [-0.15, -0.1) is 11.3 Å². The summed E-state index contributed by atoms with van der Waals surface area (Å²) in [5.74, 6) is 0.0410. The van der Waals surface area contributed by atoms with Crippen LogP contribution in [0, 0.1) is 11.3 Å². The second-order valence-corrected chi connectivity index (χ2v) is 11.7. The lowest BCUT2D eigenvalue weighted by molar-refractivity contribution is -0.137. The van der Waals surface area contributed by atoms with E-state index < -0.39 is 47.0 Å². The van der Waals surface area contributed by atoms with E-state index in [0.29, 0.717) is 23.1 Å². The summed E-state index contributed by atoms with van der Waals surface area (Å²) >= 11 is 0.740. The van der Waals surface area contributed by atoms with Gasteiger partial charge in [0.2, 0.25) is 0 Å². The van der Waals surface area contributed by atoms with Crippen molar-refractivity contribution >= 4 is 29.0 Å². The number of hydrogen-bond donors (Lipinski definition) is 2. The number of halogens is 3. The summed E-state index contributed by atoms with van der Waals surface area (Å²) < 4.78 is 93.8. The Hall–Kier alpha value is -3.15. The molecule has 2 aromatic carbocycles. The topological polar surface area (TPSA) is 148 Å². The lowest BCUT2D eigenvalue weighted by atomic mass is 10.1. The Bertz CT molecular complexity index is 1470. The Morgan fingerprint density at radius 3 is 2.56 bits per heavy atom. The molecule has 0 saturated carbocycles. The molecule has 0 fully saturated rings. The van der Waals surface area contributed by atoms with Crippen molar-refractivity contribution in [1.29, 1.82) is 5.26 Å². The van der Waals surface area contributed by atoms with Crippen molar-refractivity contribution in [2.45, 2.75) is 10.4 Å². The summed E-state index contributed by atoms with van der Waals surface area (Å²) in [5.41, 5.74) is -1.63. The summed E-state index contributed by atoms with van der Waals surface area (Å²) in [4.78, 5) is 14.1. The molecule has 1 aromatic heterocycles. The molecule has 0 bridgehead atoms. The van der Waals surface area contributed by atoms with E-state index in [1.54, 1.807) is 18.2 Å². The summed E-state index contributed by atoms with van der Waals surface area (Å²) in [6, 6.07) is 8.33. The molecule has 1 heterocycles. The Kier molecular flexibility index (Phi) is 7.97. The Morgan fingerprint density at radius 2 is 1.94 bits per heavy atom. The molecule has 3 rings (SSSR count). The average molecular weight is 563 g/mol. The molecule has 0 radical (unpaired) electrons. The summed E-state index contributed by atoms with van der Waals surface area (Å²) in [6.45, 7) is 0. The first-order chi connectivity index (χ1) is 16.8. The predicted octanol–water partition coefficient (Wildman–Crippen LogP) is 4.22. The van der Waals surface area contributed by atoms with E-state index in [2.05, 4.69) is 4.98 Å². The molecule has 192 valence electrons. The molecule has 3 aromatic rings. The van der Waals surface area contributed by atoms with Gasteiger partial charge in [0.05, 0.1) is 43.2 Å². The fourth-order valence-electron chi connectivity index (χ4n) is 2.91. The number of nitrogens with one attached hydrogen (secondary N) is 1. The number of hydrogen-bond acceptors (Lipinski definition) is 9. The maximum absolute atomic E-state index is 13.1. The summed E-state index contributed by atoms with van der Waals surface area (Å²) in [6.07, 6.45) is -5.03. The van der Waals surface area contributed by atoms with Gasteiger partial charge in [0.25, 0.3) is 10.0 Å². The molecular weight excluding hydrogens is 546 g/mol. The number of thiazole rings is 1. The quantitative estimate of drug-likeness (QED) is 0.365. The standard InChI is InChI=1S/C20H17F3N3O7PS2/c1-31-16-5-3-4-14(18(16)32-2)19-25-10-17(35-19)36(29,30)26-11-34(27,28)33-13-7-6-12(9-24)15(8-13)20(21,22)23/h3-8,10,26H,11H2,1-2H3,(H,27,28). The lowest BCUT2D eigenvalue weighted by Gasteiger charge is -2.16. The van der Waals surface area contributed by atoms with Gasteiger partial charge in [0, 0.05) is 0 Å². The number of ether oxygens (including phenoxy) is 2. The van der Waals surface area contributed by atoms with Crippen molar-refractivity contribution in [2.75, 3.05) is 20.5 Å². The number of sulfonamides is 1. The van der Waals surface area contributed by atoms with Crippen molar-refractivity contribution < 1.29 is 45.0 Å². The third-order valence-electron chi connectivity index (χ3n) is 4.50. The molecule has 16 heteroatoms. The molecular formula is C20H17F3N3O7PS2. The van der Waals surface area contributed by atoms with Crippen LogP contribution in [0.2, 0.25) is 0 Å². The first-order valence-electron chi connectivity index (χ1n) is 9.61. The molecule has 0 aliphatic rings. The number of methoxy groups -OCH3 is 2. The highest BCUT2D eigenvalue weighted by molar-refractivity contribution is 7.92. The molecule has 36 heavy (non-hydrogen) atoms. The van der Waals surface area contributed by atoms with Crippen molar-refractivity contribution in [1.82, 2.24) is 9.71 Å². The van der Waals surface area contributed by atoms with Crippen molar-refractivity contribution in [2.24, 2.45) is 0 Å². The van der Waals surface area contributed by atoms with Crippen molar-refractivity contribution in [3.05, 3.63) is 53.7 Å². The second kappa shape index (κ2) is 10.5. The van der Waals surface area contributed by atoms with Gasteiger partial charge in [0.1, 0.15) is 17.0 Å². The van der Waals surface area contributed by atoms with Gasteiger partial charge >= 0.3 is 13.8 Å². The summed E-state index contributed by atoms with van der Waals surface area (Å²) in [7, 11) is -6.31. The SMILES string of the molecule is COc1cccc(-c2ncc(S(=O)(=O)NCP(=O)(O)Oc3ccc(C#N)c(C(F)(F)F)c3)s2)c1OC. The maximum Gasteiger partial charge on any atom is 0.417 e. The highest BCUT2D eigenvalue weighted by Gasteiger charge is 2.35. The largest absolute Gasteiger partial charge is 0.493 e. The minimum absolute atomic E-state index is 0.256. The molecule has 1 unspecified atom stereocenters. The monoisotopic (exact) mass is 563 g/mol. The number of alkyl halides is 3. The van der Waals surface area contributed by atoms with Gasteiger partial charge < -0.3 is 18.9 Å². The van der Waals surface area contributed by atoms with Crippen LogP contribution in [0.1, 0.15) is 11.1 Å². The van der Waals surface area contributed by atoms with Crippen molar-refractivity contribution in [3.63, 3.8) is 0 Å². The molecule has 0 saturated heterocycles. The molecule has 0 aliphatic carbocycles. The van der Waals surface area contributed by atoms with Crippen LogP contribution >= 0.6 is 18.9 Å². The van der Waals surface area contributed by atoms with E-state index in [4.69, 9.17) is 19.3 Å². The van der Waals surface area contributed by atoms with Crippen LogP contribution in [0.4, 0.5) is 13.2 Å².